The zero-order chi connectivity index (χ0) is 19.4. The monoisotopic (exact) mass is 404 g/mol. The number of rotatable bonds is 6. The highest BCUT2D eigenvalue weighted by atomic mass is 35.5. The lowest BCUT2D eigenvalue weighted by Gasteiger charge is -2.34. The number of aromatic nitrogens is 3. The number of thioether (sulfide) groups is 1. The first kappa shape index (κ1) is 20.0. The number of carbonyl (C=O) groups is 1. The molecule has 7 heteroatoms. The molecule has 1 aliphatic heterocycles. The third-order valence-corrected chi connectivity index (χ3v) is 5.88. The number of halogens is 1. The summed E-state index contributed by atoms with van der Waals surface area (Å²) in [6.07, 6.45) is 3.00. The Labute approximate surface area is 169 Å². The van der Waals surface area contributed by atoms with Crippen LogP contribution in [-0.2, 0) is 11.3 Å². The van der Waals surface area contributed by atoms with Crippen LogP contribution in [0, 0.1) is 11.8 Å². The molecule has 0 radical (unpaired) electrons. The fourth-order valence-corrected chi connectivity index (χ4v) is 4.56. The van der Waals surface area contributed by atoms with Gasteiger partial charge in [-0.1, -0.05) is 43.3 Å². The van der Waals surface area contributed by atoms with Crippen molar-refractivity contribution >= 4 is 29.3 Å². The Kier molecular flexibility index (Phi) is 6.60. The molecule has 27 heavy (non-hydrogen) atoms. The average molecular weight is 405 g/mol. The van der Waals surface area contributed by atoms with E-state index in [1.807, 2.05) is 39.8 Å². The summed E-state index contributed by atoms with van der Waals surface area (Å²) < 4.78 is 1.98. The molecule has 0 unspecified atom stereocenters. The molecule has 2 aromatic rings. The molecule has 144 valence electrons. The fraction of sp³-hybridized carbons (Fsp3) is 0.450. The predicted molar refractivity (Wildman–Crippen MR) is 111 cm³/mol. The highest BCUT2D eigenvalue weighted by molar-refractivity contribution is 7.99. The van der Waals surface area contributed by atoms with Gasteiger partial charge in [0.1, 0.15) is 0 Å². The standard InChI is InChI=1S/C20H25ClN4OS/c1-4-9-25-19(16-5-7-17(21)8-6-16)22-23-20(25)27-13-18(26)24-11-14(2)10-15(3)12-24/h4-8,14-15H,1,9-13H2,2-3H3/t14-,15-/m0/s1. The van der Waals surface area contributed by atoms with Crippen molar-refractivity contribution in [1.29, 1.82) is 0 Å². The van der Waals surface area contributed by atoms with E-state index < -0.39 is 0 Å². The van der Waals surface area contributed by atoms with E-state index in [2.05, 4.69) is 30.6 Å². The first-order valence-corrected chi connectivity index (χ1v) is 10.5. The maximum atomic E-state index is 12.7. The quantitative estimate of drug-likeness (QED) is 0.529. The van der Waals surface area contributed by atoms with Gasteiger partial charge in [-0.3, -0.25) is 9.36 Å². The summed E-state index contributed by atoms with van der Waals surface area (Å²) in [6, 6.07) is 7.50. The maximum absolute atomic E-state index is 12.7. The molecule has 2 heterocycles. The molecule has 0 aliphatic carbocycles. The smallest absolute Gasteiger partial charge is 0.233 e. The van der Waals surface area contributed by atoms with Crippen molar-refractivity contribution in [2.45, 2.75) is 32.0 Å². The number of hydrogen-bond donors (Lipinski definition) is 0. The van der Waals surface area contributed by atoms with Gasteiger partial charge in [-0.25, -0.2) is 0 Å². The Balaban J connectivity index is 1.72. The first-order valence-electron chi connectivity index (χ1n) is 9.18. The second-order valence-electron chi connectivity index (χ2n) is 7.25. The van der Waals surface area contributed by atoms with Gasteiger partial charge in [0.15, 0.2) is 11.0 Å². The van der Waals surface area contributed by atoms with Gasteiger partial charge in [0.2, 0.25) is 5.91 Å². The molecule has 3 rings (SSSR count). The highest BCUT2D eigenvalue weighted by Gasteiger charge is 2.26. The first-order chi connectivity index (χ1) is 13.0. The maximum Gasteiger partial charge on any atom is 0.233 e. The van der Waals surface area contributed by atoms with Gasteiger partial charge in [0.05, 0.1) is 5.75 Å². The number of amides is 1. The molecule has 1 amide bonds. The number of nitrogens with zero attached hydrogens (tertiary/aromatic N) is 4. The van der Waals surface area contributed by atoms with Crippen molar-refractivity contribution in [2.75, 3.05) is 18.8 Å². The minimum absolute atomic E-state index is 0.166. The molecule has 0 saturated carbocycles. The summed E-state index contributed by atoms with van der Waals surface area (Å²) in [6.45, 7) is 10.5. The molecular formula is C20H25ClN4OS. The normalized spacial score (nSPS) is 19.9. The van der Waals surface area contributed by atoms with Gasteiger partial charge < -0.3 is 4.90 Å². The molecule has 0 bridgehead atoms. The van der Waals surface area contributed by atoms with E-state index in [9.17, 15) is 4.79 Å². The van der Waals surface area contributed by atoms with Crippen LogP contribution in [0.4, 0.5) is 0 Å². The number of carbonyl (C=O) groups excluding carboxylic acids is 1. The number of benzene rings is 1. The van der Waals surface area contributed by atoms with Crippen molar-refractivity contribution in [3.8, 4) is 11.4 Å². The van der Waals surface area contributed by atoms with E-state index in [-0.39, 0.29) is 5.91 Å². The second-order valence-corrected chi connectivity index (χ2v) is 8.62. The third kappa shape index (κ3) is 4.93. The van der Waals surface area contributed by atoms with Crippen LogP contribution in [0.1, 0.15) is 20.3 Å². The summed E-state index contributed by atoms with van der Waals surface area (Å²) in [5.41, 5.74) is 0.936. The average Bonchev–Trinajstić information content (AvgIpc) is 3.02. The van der Waals surface area contributed by atoms with Gasteiger partial charge in [-0.2, -0.15) is 0 Å². The van der Waals surface area contributed by atoms with Crippen LogP contribution in [0.3, 0.4) is 0 Å². The third-order valence-electron chi connectivity index (χ3n) is 4.68. The summed E-state index contributed by atoms with van der Waals surface area (Å²) in [5, 5.41) is 10.0. The van der Waals surface area contributed by atoms with Crippen LogP contribution in [-0.4, -0.2) is 44.4 Å². The lowest BCUT2D eigenvalue weighted by molar-refractivity contribution is -0.130. The van der Waals surface area contributed by atoms with Gasteiger partial charge in [-0.15, -0.1) is 16.8 Å². The Morgan fingerprint density at radius 3 is 2.56 bits per heavy atom. The van der Waals surface area contributed by atoms with Gasteiger partial charge >= 0.3 is 0 Å². The van der Waals surface area contributed by atoms with Crippen LogP contribution >= 0.6 is 23.4 Å². The van der Waals surface area contributed by atoms with Crippen LogP contribution in [0.15, 0.2) is 42.1 Å². The molecule has 0 N–H and O–H groups in total. The van der Waals surface area contributed by atoms with E-state index >= 15 is 0 Å². The highest BCUT2D eigenvalue weighted by Crippen LogP contribution is 2.26. The Morgan fingerprint density at radius 2 is 1.93 bits per heavy atom. The lowest BCUT2D eigenvalue weighted by atomic mass is 9.92. The van der Waals surface area contributed by atoms with Crippen molar-refractivity contribution in [3.05, 3.63) is 41.9 Å². The number of hydrogen-bond acceptors (Lipinski definition) is 4. The number of piperidine rings is 1. The Bertz CT molecular complexity index is 795. The lowest BCUT2D eigenvalue weighted by Crippen LogP contribution is -2.43. The Morgan fingerprint density at radius 1 is 1.26 bits per heavy atom. The SMILES string of the molecule is C=CCn1c(SCC(=O)N2C[C@@H](C)C[C@H](C)C2)nnc1-c1ccc(Cl)cc1. The minimum atomic E-state index is 0.166. The second kappa shape index (κ2) is 8.93. The van der Waals surface area contributed by atoms with E-state index in [4.69, 9.17) is 11.6 Å². The van der Waals surface area contributed by atoms with Crippen LogP contribution in [0.5, 0.6) is 0 Å². The minimum Gasteiger partial charge on any atom is -0.341 e. The van der Waals surface area contributed by atoms with Gasteiger partial charge in [0.25, 0.3) is 0 Å². The van der Waals surface area contributed by atoms with Crippen LogP contribution < -0.4 is 0 Å². The molecule has 1 aliphatic rings. The van der Waals surface area contributed by atoms with Crippen LogP contribution in [0.25, 0.3) is 11.4 Å². The molecule has 1 aromatic carbocycles. The van der Waals surface area contributed by atoms with E-state index in [1.165, 1.54) is 18.2 Å². The summed E-state index contributed by atoms with van der Waals surface area (Å²) in [5.74, 6) is 2.41. The van der Waals surface area contributed by atoms with Crippen molar-refractivity contribution in [1.82, 2.24) is 19.7 Å². The molecule has 2 atom stereocenters. The van der Waals surface area contributed by atoms with E-state index in [1.54, 1.807) is 0 Å². The summed E-state index contributed by atoms with van der Waals surface area (Å²) >= 11 is 7.41. The molecule has 5 nitrogen and oxygen atoms in total. The Hall–Kier alpha value is -1.79. The zero-order valence-corrected chi connectivity index (χ0v) is 17.3. The van der Waals surface area contributed by atoms with Gasteiger partial charge in [-0.05, 0) is 42.5 Å². The molecule has 1 fully saturated rings. The summed E-state index contributed by atoms with van der Waals surface area (Å²) in [4.78, 5) is 14.6. The summed E-state index contributed by atoms with van der Waals surface area (Å²) in [7, 11) is 0. The van der Waals surface area contributed by atoms with Crippen molar-refractivity contribution in [2.24, 2.45) is 11.8 Å². The largest absolute Gasteiger partial charge is 0.341 e. The topological polar surface area (TPSA) is 51.0 Å². The molecule has 0 spiro atoms. The van der Waals surface area contributed by atoms with Crippen molar-refractivity contribution in [3.63, 3.8) is 0 Å². The van der Waals surface area contributed by atoms with Crippen LogP contribution in [0.2, 0.25) is 5.02 Å². The number of allylic oxidation sites excluding steroid dienone is 1. The zero-order valence-electron chi connectivity index (χ0n) is 15.8. The fourth-order valence-electron chi connectivity index (χ4n) is 3.59. The molecule has 1 saturated heterocycles. The number of likely N-dealkylation sites (tertiary alicyclic amines) is 1. The van der Waals surface area contributed by atoms with Gasteiger partial charge in [0, 0.05) is 30.2 Å². The molecular weight excluding hydrogens is 380 g/mol. The van der Waals surface area contributed by atoms with E-state index in [0.717, 1.165) is 29.6 Å². The predicted octanol–water partition coefficient (Wildman–Crippen LogP) is 4.38. The molecule has 1 aromatic heterocycles. The van der Waals surface area contributed by atoms with Crippen molar-refractivity contribution < 1.29 is 4.79 Å². The van der Waals surface area contributed by atoms with E-state index in [0.29, 0.717) is 29.2 Å².